The molecular formula is C10H11BrF3NO. The Morgan fingerprint density at radius 2 is 2.06 bits per heavy atom. The van der Waals surface area contributed by atoms with Crippen molar-refractivity contribution in [3.05, 3.63) is 28.2 Å². The van der Waals surface area contributed by atoms with Gasteiger partial charge in [0.05, 0.1) is 11.7 Å². The van der Waals surface area contributed by atoms with Crippen LogP contribution in [0.25, 0.3) is 0 Å². The maximum atomic E-state index is 12.5. The molecule has 1 aromatic rings. The van der Waals surface area contributed by atoms with Crippen molar-refractivity contribution < 1.29 is 18.3 Å². The molecule has 6 heteroatoms. The van der Waals surface area contributed by atoms with Gasteiger partial charge in [-0.1, -0.05) is 15.9 Å². The monoisotopic (exact) mass is 297 g/mol. The number of halogens is 4. The first-order chi connectivity index (χ1) is 7.30. The topological polar surface area (TPSA) is 32.3 Å². The lowest BCUT2D eigenvalue weighted by Gasteiger charge is -2.13. The molecule has 0 saturated carbocycles. The molecule has 0 saturated heterocycles. The first-order valence-corrected chi connectivity index (χ1v) is 5.38. The Kier molecular flexibility index (Phi) is 4.21. The van der Waals surface area contributed by atoms with E-state index in [4.69, 9.17) is 5.11 Å². The quantitative estimate of drug-likeness (QED) is 0.897. The number of rotatable bonds is 3. The van der Waals surface area contributed by atoms with Crippen LogP contribution < -0.4 is 5.32 Å². The Morgan fingerprint density at radius 3 is 2.56 bits per heavy atom. The van der Waals surface area contributed by atoms with Crippen LogP contribution in [0.4, 0.5) is 18.9 Å². The standard InChI is InChI=1S/C10H11BrF3NO/c1-6(16)5-15-7-2-3-9(11)8(4-7)10(12,13)14/h2-4,6,15-16H,5H2,1H3/t6-/m1/s1. The normalized spacial score (nSPS) is 13.6. The first-order valence-electron chi connectivity index (χ1n) is 4.59. The summed E-state index contributed by atoms with van der Waals surface area (Å²) in [6.45, 7) is 1.76. The molecule has 0 bridgehead atoms. The zero-order valence-electron chi connectivity index (χ0n) is 8.48. The molecule has 2 nitrogen and oxygen atoms in total. The van der Waals surface area contributed by atoms with Gasteiger partial charge in [0.25, 0.3) is 0 Å². The van der Waals surface area contributed by atoms with Gasteiger partial charge in [-0.25, -0.2) is 0 Å². The minimum atomic E-state index is -4.39. The van der Waals surface area contributed by atoms with E-state index >= 15 is 0 Å². The van der Waals surface area contributed by atoms with Crippen LogP contribution in [0.5, 0.6) is 0 Å². The summed E-state index contributed by atoms with van der Waals surface area (Å²) in [5.74, 6) is 0. The second-order valence-corrected chi connectivity index (χ2v) is 4.28. The van der Waals surface area contributed by atoms with Crippen molar-refractivity contribution in [2.75, 3.05) is 11.9 Å². The molecule has 0 spiro atoms. The molecule has 90 valence electrons. The van der Waals surface area contributed by atoms with Crippen LogP contribution in [0, 0.1) is 0 Å². The molecule has 0 aliphatic rings. The van der Waals surface area contributed by atoms with Gasteiger partial charge in [-0.05, 0) is 25.1 Å². The van der Waals surface area contributed by atoms with Gasteiger partial charge in [-0.15, -0.1) is 0 Å². The molecule has 0 aliphatic heterocycles. The lowest BCUT2D eigenvalue weighted by molar-refractivity contribution is -0.138. The van der Waals surface area contributed by atoms with E-state index in [1.54, 1.807) is 6.92 Å². The van der Waals surface area contributed by atoms with E-state index in [9.17, 15) is 13.2 Å². The van der Waals surface area contributed by atoms with E-state index in [2.05, 4.69) is 21.2 Å². The van der Waals surface area contributed by atoms with Gasteiger partial charge in [0.1, 0.15) is 0 Å². The fraction of sp³-hybridized carbons (Fsp3) is 0.400. The highest BCUT2D eigenvalue weighted by atomic mass is 79.9. The highest BCUT2D eigenvalue weighted by Gasteiger charge is 2.33. The van der Waals surface area contributed by atoms with Gasteiger partial charge in [0.2, 0.25) is 0 Å². The zero-order valence-corrected chi connectivity index (χ0v) is 10.1. The molecule has 2 N–H and O–H groups in total. The third kappa shape index (κ3) is 3.68. The first kappa shape index (κ1) is 13.3. The smallest absolute Gasteiger partial charge is 0.392 e. The van der Waals surface area contributed by atoms with Gasteiger partial charge in [-0.2, -0.15) is 13.2 Å². The highest BCUT2D eigenvalue weighted by molar-refractivity contribution is 9.10. The second-order valence-electron chi connectivity index (χ2n) is 3.42. The largest absolute Gasteiger partial charge is 0.417 e. The van der Waals surface area contributed by atoms with Gasteiger partial charge < -0.3 is 10.4 Å². The van der Waals surface area contributed by atoms with Crippen molar-refractivity contribution in [2.45, 2.75) is 19.2 Å². The minimum absolute atomic E-state index is 0.00240. The maximum Gasteiger partial charge on any atom is 0.417 e. The van der Waals surface area contributed by atoms with Crippen LogP contribution in [0.3, 0.4) is 0 Å². The molecule has 16 heavy (non-hydrogen) atoms. The molecule has 0 amide bonds. The van der Waals surface area contributed by atoms with Crippen molar-refractivity contribution in [2.24, 2.45) is 0 Å². The molecule has 1 rings (SSSR count). The molecule has 0 aliphatic carbocycles. The average Bonchev–Trinajstić information content (AvgIpc) is 2.14. The summed E-state index contributed by atoms with van der Waals surface area (Å²) in [4.78, 5) is 0. The fourth-order valence-corrected chi connectivity index (χ4v) is 1.59. The number of hydrogen-bond acceptors (Lipinski definition) is 2. The summed E-state index contributed by atoms with van der Waals surface area (Å²) in [6.07, 6.45) is -5.00. The summed E-state index contributed by atoms with van der Waals surface area (Å²) >= 11 is 2.85. The van der Waals surface area contributed by atoms with Crippen LogP contribution in [0.15, 0.2) is 22.7 Å². The van der Waals surface area contributed by atoms with Crippen LogP contribution >= 0.6 is 15.9 Å². The molecule has 1 aromatic carbocycles. The Hall–Kier alpha value is -0.750. The number of aliphatic hydroxyl groups excluding tert-OH is 1. The van der Waals surface area contributed by atoms with Crippen LogP contribution in [-0.4, -0.2) is 17.8 Å². The Bertz CT molecular complexity index is 366. The molecule has 0 unspecified atom stereocenters. The van der Waals surface area contributed by atoms with Crippen LogP contribution in [0.2, 0.25) is 0 Å². The SMILES string of the molecule is C[C@@H](O)CNc1ccc(Br)c(C(F)(F)F)c1. The average molecular weight is 298 g/mol. The van der Waals surface area contributed by atoms with Crippen molar-refractivity contribution in [3.8, 4) is 0 Å². The van der Waals surface area contributed by atoms with E-state index in [1.165, 1.54) is 12.1 Å². The second kappa shape index (κ2) is 5.05. The fourth-order valence-electron chi connectivity index (χ4n) is 1.12. The number of hydrogen-bond donors (Lipinski definition) is 2. The molecular weight excluding hydrogens is 287 g/mol. The summed E-state index contributed by atoms with van der Waals surface area (Å²) in [5.41, 5.74) is -0.403. The Labute approximate surface area is 99.6 Å². The molecule has 0 aromatic heterocycles. The molecule has 0 radical (unpaired) electrons. The van der Waals surface area contributed by atoms with Crippen molar-refractivity contribution in [1.82, 2.24) is 0 Å². The lowest BCUT2D eigenvalue weighted by atomic mass is 10.2. The minimum Gasteiger partial charge on any atom is -0.392 e. The Balaban J connectivity index is 2.90. The van der Waals surface area contributed by atoms with E-state index in [1.807, 2.05) is 0 Å². The van der Waals surface area contributed by atoms with E-state index in [-0.39, 0.29) is 11.0 Å². The van der Waals surface area contributed by atoms with Crippen LogP contribution in [0.1, 0.15) is 12.5 Å². The van der Waals surface area contributed by atoms with Crippen molar-refractivity contribution in [1.29, 1.82) is 0 Å². The van der Waals surface area contributed by atoms with E-state index in [0.717, 1.165) is 6.07 Å². The van der Waals surface area contributed by atoms with Crippen molar-refractivity contribution in [3.63, 3.8) is 0 Å². The van der Waals surface area contributed by atoms with Crippen molar-refractivity contribution >= 4 is 21.6 Å². The van der Waals surface area contributed by atoms with Gasteiger partial charge in [-0.3, -0.25) is 0 Å². The summed E-state index contributed by atoms with van der Waals surface area (Å²) in [5, 5.41) is 11.7. The summed E-state index contributed by atoms with van der Waals surface area (Å²) in [7, 11) is 0. The number of alkyl halides is 3. The number of benzene rings is 1. The molecule has 1 atom stereocenters. The van der Waals surface area contributed by atoms with Gasteiger partial charge in [0.15, 0.2) is 0 Å². The van der Waals surface area contributed by atoms with Crippen LogP contribution in [-0.2, 0) is 6.18 Å². The molecule has 0 fully saturated rings. The molecule has 0 heterocycles. The number of aliphatic hydroxyl groups is 1. The number of anilines is 1. The zero-order chi connectivity index (χ0) is 12.3. The third-order valence-corrected chi connectivity index (χ3v) is 2.56. The Morgan fingerprint density at radius 1 is 1.44 bits per heavy atom. The van der Waals surface area contributed by atoms with E-state index in [0.29, 0.717) is 5.69 Å². The number of nitrogens with one attached hydrogen (secondary N) is 1. The lowest BCUT2D eigenvalue weighted by Crippen LogP contribution is -2.16. The van der Waals surface area contributed by atoms with Gasteiger partial charge in [0, 0.05) is 16.7 Å². The predicted octanol–water partition coefficient (Wildman–Crippen LogP) is 3.26. The predicted molar refractivity (Wildman–Crippen MR) is 59.3 cm³/mol. The van der Waals surface area contributed by atoms with Gasteiger partial charge >= 0.3 is 6.18 Å². The summed E-state index contributed by atoms with van der Waals surface area (Å²) in [6, 6.07) is 3.85. The maximum absolute atomic E-state index is 12.5. The highest BCUT2D eigenvalue weighted by Crippen LogP contribution is 2.36. The van der Waals surface area contributed by atoms with E-state index < -0.39 is 17.8 Å². The summed E-state index contributed by atoms with van der Waals surface area (Å²) < 4.78 is 37.6. The third-order valence-electron chi connectivity index (χ3n) is 1.87.